The zero-order chi connectivity index (χ0) is 16.3. The van der Waals surface area contributed by atoms with Crippen LogP contribution in [0.2, 0.25) is 0 Å². The Morgan fingerprint density at radius 2 is 2.00 bits per heavy atom. The summed E-state index contributed by atoms with van der Waals surface area (Å²) in [5, 5.41) is 5.93. The smallest absolute Gasteiger partial charge is 0.341 e. The quantitative estimate of drug-likeness (QED) is 0.787. The summed E-state index contributed by atoms with van der Waals surface area (Å²) in [6, 6.07) is 0. The SMILES string of the molecule is CCCNC(=O)c1sc(NC(=O)C2CC2)c(C(=O)OC)c1C. The Morgan fingerprint density at radius 3 is 2.55 bits per heavy atom. The Morgan fingerprint density at radius 1 is 1.32 bits per heavy atom. The van der Waals surface area contributed by atoms with Crippen molar-refractivity contribution in [1.29, 1.82) is 0 Å². The number of esters is 1. The average molecular weight is 324 g/mol. The van der Waals surface area contributed by atoms with Crippen LogP contribution in [0.25, 0.3) is 0 Å². The van der Waals surface area contributed by atoms with Gasteiger partial charge in [-0.1, -0.05) is 6.92 Å². The molecule has 1 aliphatic rings. The first-order valence-electron chi connectivity index (χ1n) is 7.30. The number of carbonyl (C=O) groups excluding carboxylic acids is 3. The van der Waals surface area contributed by atoms with E-state index in [1.807, 2.05) is 6.92 Å². The number of methoxy groups -OCH3 is 1. The predicted octanol–water partition coefficient (Wildman–Crippen LogP) is 2.33. The highest BCUT2D eigenvalue weighted by molar-refractivity contribution is 7.18. The van der Waals surface area contributed by atoms with Crippen LogP contribution in [0.4, 0.5) is 5.00 Å². The highest BCUT2D eigenvalue weighted by Crippen LogP contribution is 2.36. The maximum atomic E-state index is 12.2. The van der Waals surface area contributed by atoms with Gasteiger partial charge >= 0.3 is 5.97 Å². The summed E-state index contributed by atoms with van der Waals surface area (Å²) in [6.07, 6.45) is 2.56. The fourth-order valence-electron chi connectivity index (χ4n) is 2.04. The van der Waals surface area contributed by atoms with Crippen molar-refractivity contribution in [3.63, 3.8) is 0 Å². The minimum Gasteiger partial charge on any atom is -0.465 e. The summed E-state index contributed by atoms with van der Waals surface area (Å²) in [6.45, 7) is 4.21. The lowest BCUT2D eigenvalue weighted by atomic mass is 10.1. The van der Waals surface area contributed by atoms with Gasteiger partial charge in [-0.05, 0) is 31.7 Å². The molecule has 1 aliphatic carbocycles. The Hall–Kier alpha value is -1.89. The molecule has 0 saturated heterocycles. The molecule has 7 heteroatoms. The van der Waals surface area contributed by atoms with E-state index in [1.54, 1.807) is 6.92 Å². The van der Waals surface area contributed by atoms with Gasteiger partial charge < -0.3 is 15.4 Å². The molecule has 1 aromatic heterocycles. The molecule has 0 atom stereocenters. The van der Waals surface area contributed by atoms with Gasteiger partial charge in [0.05, 0.1) is 17.6 Å². The van der Waals surface area contributed by atoms with E-state index < -0.39 is 5.97 Å². The molecule has 6 nitrogen and oxygen atoms in total. The molecule has 1 saturated carbocycles. The van der Waals surface area contributed by atoms with E-state index in [9.17, 15) is 14.4 Å². The normalized spacial score (nSPS) is 13.6. The Kier molecular flexibility index (Phi) is 5.18. The number of ether oxygens (including phenoxy) is 1. The number of rotatable bonds is 6. The first kappa shape index (κ1) is 16.5. The predicted molar refractivity (Wildman–Crippen MR) is 84.4 cm³/mol. The molecule has 2 rings (SSSR count). The maximum Gasteiger partial charge on any atom is 0.341 e. The van der Waals surface area contributed by atoms with Gasteiger partial charge in [0.1, 0.15) is 5.00 Å². The third-order valence-electron chi connectivity index (χ3n) is 3.46. The lowest BCUT2D eigenvalue weighted by Crippen LogP contribution is -2.23. The summed E-state index contributed by atoms with van der Waals surface area (Å²) in [7, 11) is 1.28. The largest absolute Gasteiger partial charge is 0.465 e. The van der Waals surface area contributed by atoms with Gasteiger partial charge in [0, 0.05) is 12.5 Å². The van der Waals surface area contributed by atoms with Crippen LogP contribution in [0, 0.1) is 12.8 Å². The Bertz CT molecular complexity index is 605. The second kappa shape index (κ2) is 6.91. The van der Waals surface area contributed by atoms with Crippen molar-refractivity contribution < 1.29 is 19.1 Å². The molecule has 0 radical (unpaired) electrons. The molecule has 0 spiro atoms. The minimum atomic E-state index is -0.547. The monoisotopic (exact) mass is 324 g/mol. The van der Waals surface area contributed by atoms with Crippen molar-refractivity contribution in [2.75, 3.05) is 19.0 Å². The summed E-state index contributed by atoms with van der Waals surface area (Å²) < 4.78 is 4.77. The van der Waals surface area contributed by atoms with Crippen LogP contribution in [0.3, 0.4) is 0 Å². The summed E-state index contributed by atoms with van der Waals surface area (Å²) in [5.74, 6) is -0.868. The third kappa shape index (κ3) is 3.47. The average Bonchev–Trinajstić information content (AvgIpc) is 3.29. The van der Waals surface area contributed by atoms with Crippen LogP contribution < -0.4 is 10.6 Å². The van der Waals surface area contributed by atoms with Crippen LogP contribution in [-0.2, 0) is 9.53 Å². The fourth-order valence-corrected chi connectivity index (χ4v) is 3.16. The highest BCUT2D eigenvalue weighted by Gasteiger charge is 2.32. The number of hydrogen-bond acceptors (Lipinski definition) is 5. The van der Waals surface area contributed by atoms with E-state index in [4.69, 9.17) is 4.74 Å². The molecule has 2 amide bonds. The minimum absolute atomic E-state index is 0.0188. The first-order chi connectivity index (χ1) is 10.5. The number of amides is 2. The van der Waals surface area contributed by atoms with Crippen LogP contribution in [0.5, 0.6) is 0 Å². The zero-order valence-corrected chi connectivity index (χ0v) is 13.8. The molecule has 1 fully saturated rings. The Labute approximate surface area is 133 Å². The van der Waals surface area contributed by atoms with Gasteiger partial charge in [0.15, 0.2) is 0 Å². The molecule has 2 N–H and O–H groups in total. The van der Waals surface area contributed by atoms with Crippen molar-refractivity contribution in [1.82, 2.24) is 5.32 Å². The number of nitrogens with one attached hydrogen (secondary N) is 2. The standard InChI is InChI=1S/C15H20N2O4S/c1-4-7-16-13(19)11-8(2)10(15(20)21-3)14(22-11)17-12(18)9-5-6-9/h9H,4-7H2,1-3H3,(H,16,19)(H,17,18). The van der Waals surface area contributed by atoms with Gasteiger partial charge in [0.2, 0.25) is 5.91 Å². The fraction of sp³-hybridized carbons (Fsp3) is 0.533. The number of hydrogen-bond donors (Lipinski definition) is 2. The van der Waals surface area contributed by atoms with Crippen LogP contribution in [0.1, 0.15) is 51.8 Å². The molecule has 0 aliphatic heterocycles. The van der Waals surface area contributed by atoms with Gasteiger partial charge in [0.25, 0.3) is 5.91 Å². The maximum absolute atomic E-state index is 12.2. The van der Waals surface area contributed by atoms with E-state index in [2.05, 4.69) is 10.6 Å². The molecular weight excluding hydrogens is 304 g/mol. The van der Waals surface area contributed by atoms with Crippen molar-refractivity contribution in [2.24, 2.45) is 5.92 Å². The van der Waals surface area contributed by atoms with Crippen LogP contribution in [0.15, 0.2) is 0 Å². The van der Waals surface area contributed by atoms with E-state index in [0.717, 1.165) is 30.6 Å². The number of anilines is 1. The molecular formula is C15H20N2O4S. The lowest BCUT2D eigenvalue weighted by molar-refractivity contribution is -0.117. The van der Waals surface area contributed by atoms with Crippen LogP contribution in [-0.4, -0.2) is 31.4 Å². The van der Waals surface area contributed by atoms with Crippen molar-refractivity contribution >= 4 is 34.1 Å². The van der Waals surface area contributed by atoms with E-state index in [-0.39, 0.29) is 23.3 Å². The molecule has 1 heterocycles. The first-order valence-corrected chi connectivity index (χ1v) is 8.12. The number of carbonyl (C=O) groups is 3. The van der Waals surface area contributed by atoms with Gasteiger partial charge in [-0.25, -0.2) is 4.79 Å². The summed E-state index contributed by atoms with van der Waals surface area (Å²) >= 11 is 1.12. The van der Waals surface area contributed by atoms with E-state index in [1.165, 1.54) is 7.11 Å². The second-order valence-electron chi connectivity index (χ2n) is 5.27. The summed E-state index contributed by atoms with van der Waals surface area (Å²) in [5.41, 5.74) is 0.805. The molecule has 0 aromatic carbocycles. The highest BCUT2D eigenvalue weighted by atomic mass is 32.1. The van der Waals surface area contributed by atoms with Crippen molar-refractivity contribution in [2.45, 2.75) is 33.1 Å². The van der Waals surface area contributed by atoms with Crippen molar-refractivity contribution in [3.8, 4) is 0 Å². The third-order valence-corrected chi connectivity index (χ3v) is 4.67. The van der Waals surface area contributed by atoms with Gasteiger partial charge in [-0.2, -0.15) is 0 Å². The molecule has 22 heavy (non-hydrogen) atoms. The van der Waals surface area contributed by atoms with E-state index in [0.29, 0.717) is 22.0 Å². The van der Waals surface area contributed by atoms with Crippen LogP contribution >= 0.6 is 11.3 Å². The van der Waals surface area contributed by atoms with Gasteiger partial charge in [-0.3, -0.25) is 9.59 Å². The molecule has 0 unspecified atom stereocenters. The molecule has 1 aromatic rings. The van der Waals surface area contributed by atoms with E-state index >= 15 is 0 Å². The summed E-state index contributed by atoms with van der Waals surface area (Å²) in [4.78, 5) is 36.5. The zero-order valence-electron chi connectivity index (χ0n) is 12.9. The molecule has 0 bridgehead atoms. The lowest BCUT2D eigenvalue weighted by Gasteiger charge is -2.05. The Balaban J connectivity index is 2.31. The molecule has 120 valence electrons. The second-order valence-corrected chi connectivity index (χ2v) is 6.29. The van der Waals surface area contributed by atoms with Crippen molar-refractivity contribution in [3.05, 3.63) is 16.0 Å². The number of thiophene rings is 1. The topological polar surface area (TPSA) is 84.5 Å². The van der Waals surface area contributed by atoms with Gasteiger partial charge in [-0.15, -0.1) is 11.3 Å².